The highest BCUT2D eigenvalue weighted by Gasteiger charge is 2.21. The monoisotopic (exact) mass is 431 g/mol. The van der Waals surface area contributed by atoms with Crippen LogP contribution in [-0.4, -0.2) is 60.0 Å². The number of unbranched alkanes of at least 4 members (excludes halogenated alkanes) is 1. The van der Waals surface area contributed by atoms with Crippen LogP contribution in [0.2, 0.25) is 0 Å². The Balaban J connectivity index is 0.00000361. The maximum absolute atomic E-state index is 4.79. The summed E-state index contributed by atoms with van der Waals surface area (Å²) in [5.74, 6) is 3.62. The molecule has 0 aliphatic carbocycles. The van der Waals surface area contributed by atoms with E-state index in [1.807, 2.05) is 11.8 Å². The Morgan fingerprint density at radius 2 is 2.20 bits per heavy atom. The van der Waals surface area contributed by atoms with Crippen LogP contribution in [0, 0.1) is 0 Å². The smallest absolute Gasteiger partial charge is 0.193 e. The van der Waals surface area contributed by atoms with Gasteiger partial charge in [0.25, 0.3) is 0 Å². The van der Waals surface area contributed by atoms with E-state index in [9.17, 15) is 0 Å². The first-order chi connectivity index (χ1) is 9.31. The van der Waals surface area contributed by atoms with Crippen LogP contribution in [0.4, 0.5) is 0 Å². The highest BCUT2D eigenvalue weighted by atomic mass is 127. The Hall–Kier alpha value is 0.700. The summed E-state index contributed by atoms with van der Waals surface area (Å²) in [4.78, 5) is 7.24. The molecule has 1 aliphatic rings. The molecule has 0 amide bonds. The molecule has 0 aromatic carbocycles. The van der Waals surface area contributed by atoms with Gasteiger partial charge in [-0.2, -0.15) is 23.5 Å². The number of hydrogen-bond donors (Lipinski definition) is 1. The second-order valence-corrected chi connectivity index (χ2v) is 7.18. The predicted molar refractivity (Wildman–Crippen MR) is 107 cm³/mol. The van der Waals surface area contributed by atoms with Crippen molar-refractivity contribution in [2.24, 2.45) is 4.99 Å². The maximum Gasteiger partial charge on any atom is 0.193 e. The van der Waals surface area contributed by atoms with Crippen molar-refractivity contribution in [3.05, 3.63) is 0 Å². The van der Waals surface area contributed by atoms with Gasteiger partial charge in [-0.05, 0) is 38.2 Å². The summed E-state index contributed by atoms with van der Waals surface area (Å²) in [6.45, 7) is 8.65. The van der Waals surface area contributed by atoms with Crippen molar-refractivity contribution in [2.75, 3.05) is 43.9 Å². The van der Waals surface area contributed by atoms with E-state index < -0.39 is 0 Å². The lowest BCUT2D eigenvalue weighted by molar-refractivity contribution is 0.408. The number of halogens is 1. The van der Waals surface area contributed by atoms with Crippen LogP contribution in [0.15, 0.2) is 4.99 Å². The third kappa shape index (κ3) is 8.22. The van der Waals surface area contributed by atoms with Crippen LogP contribution < -0.4 is 5.32 Å². The Kier molecular flexibility index (Phi) is 13.8. The predicted octanol–water partition coefficient (Wildman–Crippen LogP) is 3.54. The van der Waals surface area contributed by atoms with E-state index in [0.717, 1.165) is 37.4 Å². The standard InChI is InChI=1S/C14H29N3S2.HI/c1-4-13-12-17(9-11-19-13)14(15-5-2)16-8-6-7-10-18-3;/h13H,4-12H2,1-3H3,(H,15,16);1H. The largest absolute Gasteiger partial charge is 0.357 e. The van der Waals surface area contributed by atoms with E-state index in [4.69, 9.17) is 4.99 Å². The third-order valence-electron chi connectivity index (χ3n) is 3.25. The van der Waals surface area contributed by atoms with Gasteiger partial charge < -0.3 is 10.2 Å². The van der Waals surface area contributed by atoms with Gasteiger partial charge in [-0.15, -0.1) is 24.0 Å². The molecule has 0 radical (unpaired) electrons. The van der Waals surface area contributed by atoms with Crippen LogP contribution in [0.1, 0.15) is 33.1 Å². The second-order valence-electron chi connectivity index (χ2n) is 4.78. The summed E-state index contributed by atoms with van der Waals surface area (Å²) in [5, 5.41) is 4.22. The zero-order chi connectivity index (χ0) is 13.9. The zero-order valence-electron chi connectivity index (χ0n) is 13.1. The molecule has 1 saturated heterocycles. The molecule has 1 aliphatic heterocycles. The molecule has 1 N–H and O–H groups in total. The second kappa shape index (κ2) is 13.4. The molecular formula is C14H30IN3S2. The first-order valence-corrected chi connectivity index (χ1v) is 9.89. The molecule has 120 valence electrons. The van der Waals surface area contributed by atoms with Gasteiger partial charge in [0.2, 0.25) is 0 Å². The van der Waals surface area contributed by atoms with Crippen LogP contribution in [0.5, 0.6) is 0 Å². The zero-order valence-corrected chi connectivity index (χ0v) is 17.0. The van der Waals surface area contributed by atoms with Gasteiger partial charge in [0.05, 0.1) is 0 Å². The van der Waals surface area contributed by atoms with Gasteiger partial charge in [-0.3, -0.25) is 4.99 Å². The summed E-state index contributed by atoms with van der Waals surface area (Å²) >= 11 is 4.03. The first kappa shape index (κ1) is 20.7. The number of hydrogen-bond acceptors (Lipinski definition) is 3. The average molecular weight is 431 g/mol. The minimum absolute atomic E-state index is 0. The lowest BCUT2D eigenvalue weighted by atomic mass is 10.3. The van der Waals surface area contributed by atoms with E-state index in [0.29, 0.717) is 0 Å². The Bertz CT molecular complexity index is 265. The molecule has 1 atom stereocenters. The molecule has 1 fully saturated rings. The van der Waals surface area contributed by atoms with E-state index >= 15 is 0 Å². The molecule has 1 unspecified atom stereocenters. The quantitative estimate of drug-likeness (QED) is 0.289. The number of guanidine groups is 1. The first-order valence-electron chi connectivity index (χ1n) is 7.45. The molecule has 20 heavy (non-hydrogen) atoms. The van der Waals surface area contributed by atoms with Crippen molar-refractivity contribution in [1.29, 1.82) is 0 Å². The highest BCUT2D eigenvalue weighted by molar-refractivity contribution is 14.0. The van der Waals surface area contributed by atoms with E-state index in [2.05, 4.69) is 42.1 Å². The molecule has 0 saturated carbocycles. The number of aliphatic imine (C=N–C) groups is 1. The summed E-state index contributed by atoms with van der Waals surface area (Å²) in [6, 6.07) is 0. The summed E-state index contributed by atoms with van der Waals surface area (Å²) in [5.41, 5.74) is 0. The summed E-state index contributed by atoms with van der Waals surface area (Å²) < 4.78 is 0. The lowest BCUT2D eigenvalue weighted by Crippen LogP contribution is -2.48. The van der Waals surface area contributed by atoms with Gasteiger partial charge in [0.1, 0.15) is 0 Å². The van der Waals surface area contributed by atoms with Crippen molar-refractivity contribution in [3.8, 4) is 0 Å². The van der Waals surface area contributed by atoms with Gasteiger partial charge in [0.15, 0.2) is 5.96 Å². The van der Waals surface area contributed by atoms with E-state index in [-0.39, 0.29) is 24.0 Å². The van der Waals surface area contributed by atoms with Gasteiger partial charge in [-0.1, -0.05) is 6.92 Å². The Labute approximate surface area is 150 Å². The fourth-order valence-corrected chi connectivity index (χ4v) is 3.80. The fourth-order valence-electron chi connectivity index (χ4n) is 2.13. The number of rotatable bonds is 7. The summed E-state index contributed by atoms with van der Waals surface area (Å²) in [7, 11) is 0. The van der Waals surface area contributed by atoms with Crippen molar-refractivity contribution >= 4 is 53.5 Å². The molecule has 0 aromatic rings. The Morgan fingerprint density at radius 1 is 1.40 bits per heavy atom. The maximum atomic E-state index is 4.79. The third-order valence-corrected chi connectivity index (χ3v) is 5.32. The van der Waals surface area contributed by atoms with Crippen LogP contribution in [0.25, 0.3) is 0 Å². The summed E-state index contributed by atoms with van der Waals surface area (Å²) in [6.07, 6.45) is 5.91. The van der Waals surface area contributed by atoms with Gasteiger partial charge >= 0.3 is 0 Å². The molecule has 0 bridgehead atoms. The van der Waals surface area contributed by atoms with Crippen molar-refractivity contribution < 1.29 is 0 Å². The molecule has 0 aromatic heterocycles. The van der Waals surface area contributed by atoms with E-state index in [1.54, 1.807) is 0 Å². The number of nitrogens with zero attached hydrogens (tertiary/aromatic N) is 2. The van der Waals surface area contributed by atoms with Crippen LogP contribution >= 0.6 is 47.5 Å². The highest BCUT2D eigenvalue weighted by Crippen LogP contribution is 2.21. The van der Waals surface area contributed by atoms with E-state index in [1.165, 1.54) is 30.8 Å². The SMILES string of the molecule is CCNC(=NCCCCSC)N1CCSC(CC)C1.I. The molecule has 0 spiro atoms. The average Bonchev–Trinajstić information content (AvgIpc) is 2.46. The van der Waals surface area contributed by atoms with Crippen LogP contribution in [-0.2, 0) is 0 Å². The molecule has 1 rings (SSSR count). The van der Waals surface area contributed by atoms with Crippen LogP contribution in [0.3, 0.4) is 0 Å². The topological polar surface area (TPSA) is 27.6 Å². The number of thioether (sulfide) groups is 2. The lowest BCUT2D eigenvalue weighted by Gasteiger charge is -2.34. The molecular weight excluding hydrogens is 401 g/mol. The van der Waals surface area contributed by atoms with Crippen molar-refractivity contribution in [3.63, 3.8) is 0 Å². The van der Waals surface area contributed by atoms with Gasteiger partial charge in [-0.25, -0.2) is 0 Å². The minimum Gasteiger partial charge on any atom is -0.357 e. The van der Waals surface area contributed by atoms with Crippen molar-refractivity contribution in [2.45, 2.75) is 38.4 Å². The molecule has 6 heteroatoms. The van der Waals surface area contributed by atoms with Crippen molar-refractivity contribution in [1.82, 2.24) is 10.2 Å². The number of nitrogens with one attached hydrogen (secondary N) is 1. The minimum atomic E-state index is 0. The van der Waals surface area contributed by atoms with Gasteiger partial charge in [0, 0.05) is 37.2 Å². The normalized spacial score (nSPS) is 19.6. The fraction of sp³-hybridized carbons (Fsp3) is 0.929. The molecule has 1 heterocycles. The molecule has 3 nitrogen and oxygen atoms in total. The Morgan fingerprint density at radius 3 is 2.85 bits per heavy atom.